The van der Waals surface area contributed by atoms with Crippen LogP contribution in [0.25, 0.3) is 5.52 Å². The highest BCUT2D eigenvalue weighted by Gasteiger charge is 2.32. The van der Waals surface area contributed by atoms with Crippen molar-refractivity contribution in [2.45, 2.75) is 39.4 Å². The van der Waals surface area contributed by atoms with E-state index in [0.29, 0.717) is 29.5 Å². The molecule has 0 spiro atoms. The van der Waals surface area contributed by atoms with Crippen LogP contribution in [0, 0.1) is 0 Å². The number of carbonyl (C=O) groups excluding carboxylic acids is 2. The maximum Gasteiger partial charge on any atom is 0.275 e. The van der Waals surface area contributed by atoms with Gasteiger partial charge in [0, 0.05) is 31.0 Å². The van der Waals surface area contributed by atoms with Crippen molar-refractivity contribution >= 4 is 28.9 Å². The third-order valence-electron chi connectivity index (χ3n) is 5.03. The van der Waals surface area contributed by atoms with Gasteiger partial charge in [0.05, 0.1) is 16.6 Å². The average Bonchev–Trinajstić information content (AvgIpc) is 3.25. The van der Waals surface area contributed by atoms with Crippen LogP contribution in [-0.2, 0) is 6.54 Å². The van der Waals surface area contributed by atoms with Crippen molar-refractivity contribution in [1.29, 1.82) is 0 Å². The molecular weight excluding hydrogens is 378 g/mol. The van der Waals surface area contributed by atoms with Gasteiger partial charge in [-0.05, 0) is 51.1 Å². The lowest BCUT2D eigenvalue weighted by Crippen LogP contribution is -2.42. The van der Waals surface area contributed by atoms with Crippen LogP contribution < -0.4 is 5.32 Å². The fourth-order valence-corrected chi connectivity index (χ4v) is 3.84. The zero-order valence-electron chi connectivity index (χ0n) is 16.0. The molecule has 0 fully saturated rings. The van der Waals surface area contributed by atoms with Gasteiger partial charge in [-0.1, -0.05) is 11.6 Å². The molecule has 2 amide bonds. The van der Waals surface area contributed by atoms with Crippen LogP contribution >= 0.6 is 11.6 Å². The summed E-state index contributed by atoms with van der Waals surface area (Å²) in [6.07, 6.45) is 1.68. The predicted molar refractivity (Wildman–Crippen MR) is 107 cm³/mol. The van der Waals surface area contributed by atoms with E-state index in [9.17, 15) is 9.59 Å². The van der Waals surface area contributed by atoms with Crippen molar-refractivity contribution in [3.05, 3.63) is 58.6 Å². The SMILES string of the molecule is CC(C)NC(=O)c1ccc2n1CCN(C(=O)c1cc3ccc(Cl)cn3n1)C2C. The first-order chi connectivity index (χ1) is 13.3. The first-order valence-electron chi connectivity index (χ1n) is 9.31. The molecule has 0 bridgehead atoms. The van der Waals surface area contributed by atoms with Gasteiger partial charge in [-0.15, -0.1) is 0 Å². The van der Waals surface area contributed by atoms with Gasteiger partial charge in [0.2, 0.25) is 0 Å². The van der Waals surface area contributed by atoms with E-state index in [4.69, 9.17) is 11.6 Å². The predicted octanol–water partition coefficient (Wildman–Crippen LogP) is 3.14. The van der Waals surface area contributed by atoms with Crippen molar-refractivity contribution < 1.29 is 9.59 Å². The Hall–Kier alpha value is -2.80. The van der Waals surface area contributed by atoms with Crippen molar-refractivity contribution in [3.8, 4) is 0 Å². The third kappa shape index (κ3) is 3.16. The van der Waals surface area contributed by atoms with E-state index < -0.39 is 0 Å². The Bertz CT molecular complexity index is 1070. The fourth-order valence-electron chi connectivity index (χ4n) is 3.68. The quantitative estimate of drug-likeness (QED) is 0.735. The molecular formula is C20H22ClN5O2. The minimum atomic E-state index is -0.157. The largest absolute Gasteiger partial charge is 0.349 e. The lowest BCUT2D eigenvalue weighted by atomic mass is 10.1. The van der Waals surface area contributed by atoms with Crippen LogP contribution in [0.1, 0.15) is 53.5 Å². The number of rotatable bonds is 3. The van der Waals surface area contributed by atoms with Gasteiger partial charge < -0.3 is 14.8 Å². The van der Waals surface area contributed by atoms with E-state index >= 15 is 0 Å². The molecule has 0 saturated carbocycles. The highest BCUT2D eigenvalue weighted by molar-refractivity contribution is 6.30. The van der Waals surface area contributed by atoms with Gasteiger partial charge in [-0.2, -0.15) is 5.10 Å². The molecule has 1 atom stereocenters. The van der Waals surface area contributed by atoms with Gasteiger partial charge in [-0.25, -0.2) is 4.52 Å². The number of nitrogens with zero attached hydrogens (tertiary/aromatic N) is 4. The standard InChI is InChI=1S/C20H22ClN5O2/c1-12(2)22-19(27)18-7-6-17-13(3)24(8-9-25(17)18)20(28)16-10-15-5-4-14(21)11-26(15)23-16/h4-7,10-13H,8-9H2,1-3H3,(H,22,27). The fraction of sp³-hybridized carbons (Fsp3) is 0.350. The summed E-state index contributed by atoms with van der Waals surface area (Å²) in [5, 5.41) is 7.86. The molecule has 3 aromatic rings. The van der Waals surface area contributed by atoms with Crippen molar-refractivity contribution in [2.24, 2.45) is 0 Å². The van der Waals surface area contributed by atoms with E-state index in [2.05, 4.69) is 10.4 Å². The summed E-state index contributed by atoms with van der Waals surface area (Å²) in [5.74, 6) is -0.224. The first-order valence-corrected chi connectivity index (χ1v) is 9.69. The van der Waals surface area contributed by atoms with Crippen LogP contribution in [0.3, 0.4) is 0 Å². The van der Waals surface area contributed by atoms with Crippen molar-refractivity contribution in [2.75, 3.05) is 6.54 Å². The molecule has 0 radical (unpaired) electrons. The molecule has 4 rings (SSSR count). The molecule has 7 nitrogen and oxygen atoms in total. The summed E-state index contributed by atoms with van der Waals surface area (Å²) in [6, 6.07) is 9.02. The number of amides is 2. The molecule has 1 aliphatic rings. The Morgan fingerprint density at radius 1 is 1.21 bits per heavy atom. The highest BCUT2D eigenvalue weighted by atomic mass is 35.5. The minimum absolute atomic E-state index is 0.0706. The van der Waals surface area contributed by atoms with Crippen LogP contribution in [0.5, 0.6) is 0 Å². The second-order valence-corrected chi connectivity index (χ2v) is 7.78. The smallest absolute Gasteiger partial charge is 0.275 e. The number of fused-ring (bicyclic) bond motifs is 2. The summed E-state index contributed by atoms with van der Waals surface area (Å²) in [5.41, 5.74) is 2.77. The Balaban J connectivity index is 1.60. The zero-order chi connectivity index (χ0) is 20.0. The van der Waals surface area contributed by atoms with E-state index in [1.54, 1.807) is 27.7 Å². The van der Waals surface area contributed by atoms with Crippen molar-refractivity contribution in [1.82, 2.24) is 24.4 Å². The van der Waals surface area contributed by atoms with Gasteiger partial charge in [0.25, 0.3) is 11.8 Å². The summed E-state index contributed by atoms with van der Waals surface area (Å²) in [7, 11) is 0. The molecule has 1 aliphatic heterocycles. The summed E-state index contributed by atoms with van der Waals surface area (Å²) in [6.45, 7) is 6.92. The molecule has 8 heteroatoms. The van der Waals surface area contributed by atoms with Gasteiger partial charge in [-0.3, -0.25) is 9.59 Å². The third-order valence-corrected chi connectivity index (χ3v) is 5.25. The maximum atomic E-state index is 13.1. The van der Waals surface area contributed by atoms with Crippen LogP contribution in [-0.4, -0.2) is 43.5 Å². The minimum Gasteiger partial charge on any atom is -0.349 e. The number of carbonyl (C=O) groups is 2. The van der Waals surface area contributed by atoms with Crippen molar-refractivity contribution in [3.63, 3.8) is 0 Å². The van der Waals surface area contributed by atoms with Crippen LogP contribution in [0.15, 0.2) is 36.5 Å². The average molecular weight is 400 g/mol. The van der Waals surface area contributed by atoms with E-state index in [0.717, 1.165) is 11.2 Å². The number of pyridine rings is 1. The molecule has 28 heavy (non-hydrogen) atoms. The number of hydrogen-bond acceptors (Lipinski definition) is 3. The molecule has 0 saturated heterocycles. The van der Waals surface area contributed by atoms with Gasteiger partial charge in [0.1, 0.15) is 5.69 Å². The lowest BCUT2D eigenvalue weighted by molar-refractivity contribution is 0.0635. The van der Waals surface area contributed by atoms with Gasteiger partial charge >= 0.3 is 0 Å². The Morgan fingerprint density at radius 2 is 2.00 bits per heavy atom. The first kappa shape index (κ1) is 18.6. The number of halogens is 1. The lowest BCUT2D eigenvalue weighted by Gasteiger charge is -2.35. The van der Waals surface area contributed by atoms with Gasteiger partial charge in [0.15, 0.2) is 5.69 Å². The number of hydrogen-bond donors (Lipinski definition) is 1. The van der Waals surface area contributed by atoms with E-state index in [-0.39, 0.29) is 23.9 Å². The second-order valence-electron chi connectivity index (χ2n) is 7.34. The monoisotopic (exact) mass is 399 g/mol. The number of aromatic nitrogens is 3. The molecule has 1 N–H and O–H groups in total. The summed E-state index contributed by atoms with van der Waals surface area (Å²) >= 11 is 6.00. The summed E-state index contributed by atoms with van der Waals surface area (Å²) < 4.78 is 3.61. The normalized spacial score (nSPS) is 16.5. The van der Waals surface area contributed by atoms with E-state index in [1.165, 1.54) is 0 Å². The molecule has 1 unspecified atom stereocenters. The van der Waals surface area contributed by atoms with E-state index in [1.807, 2.05) is 43.5 Å². The van der Waals surface area contributed by atoms with Crippen LogP contribution in [0.2, 0.25) is 5.02 Å². The Morgan fingerprint density at radius 3 is 2.75 bits per heavy atom. The van der Waals surface area contributed by atoms with Crippen LogP contribution in [0.4, 0.5) is 0 Å². The zero-order valence-corrected chi connectivity index (χ0v) is 16.8. The number of nitrogens with one attached hydrogen (secondary N) is 1. The Labute approximate surface area is 167 Å². The highest BCUT2D eigenvalue weighted by Crippen LogP contribution is 2.29. The molecule has 0 aromatic carbocycles. The molecule has 146 valence electrons. The second kappa shape index (κ2) is 6.98. The molecule has 4 heterocycles. The Kier molecular flexibility index (Phi) is 4.63. The topological polar surface area (TPSA) is 71.6 Å². The molecule has 0 aliphatic carbocycles. The maximum absolute atomic E-state index is 13.1. The molecule has 3 aromatic heterocycles. The summed E-state index contributed by atoms with van der Waals surface area (Å²) in [4.78, 5) is 27.3.